The third-order valence-corrected chi connectivity index (χ3v) is 10.7. The molecular weight excluding hydrogens is 741 g/mol. The van der Waals surface area contributed by atoms with Crippen LogP contribution in [0.25, 0.3) is 0 Å². The Kier molecular flexibility index (Phi) is 48.0. The van der Waals surface area contributed by atoms with Crippen molar-refractivity contribution in [3.05, 3.63) is 85.1 Å². The first-order valence-electron chi connectivity index (χ1n) is 25.1. The normalized spacial score (nSPS) is 12.9. The predicted octanol–water partition coefficient (Wildman–Crippen LogP) is 16.6. The minimum atomic E-state index is -0.829. The Morgan fingerprint density at radius 3 is 1.17 bits per heavy atom. The minimum Gasteiger partial charge on any atom is -0.462 e. The number of unbranched alkanes of at least 4 members (excludes halogenated alkanes) is 24. The van der Waals surface area contributed by atoms with Gasteiger partial charge in [0.1, 0.15) is 6.61 Å². The summed E-state index contributed by atoms with van der Waals surface area (Å²) in [5, 5.41) is 9.58. The number of esters is 2. The van der Waals surface area contributed by atoms with Gasteiger partial charge in [0.15, 0.2) is 6.10 Å². The van der Waals surface area contributed by atoms with E-state index in [1.165, 1.54) is 148 Å². The molecule has 0 spiro atoms. The van der Waals surface area contributed by atoms with Gasteiger partial charge in [-0.2, -0.15) is 0 Å². The minimum absolute atomic E-state index is 0.108. The van der Waals surface area contributed by atoms with E-state index in [-0.39, 0.29) is 25.6 Å². The van der Waals surface area contributed by atoms with Crippen molar-refractivity contribution >= 4 is 11.9 Å². The highest BCUT2D eigenvalue weighted by molar-refractivity contribution is 5.71. The molecule has 0 aliphatic heterocycles. The van der Waals surface area contributed by atoms with E-state index in [0.717, 1.165) is 57.8 Å². The van der Waals surface area contributed by atoms with Crippen molar-refractivity contribution in [3.63, 3.8) is 0 Å². The number of hydrogen-bond acceptors (Lipinski definition) is 5. The van der Waals surface area contributed by atoms with E-state index in [0.29, 0.717) is 6.42 Å². The molecule has 0 saturated heterocycles. The zero-order valence-electron chi connectivity index (χ0n) is 39.2. The number of hydrogen-bond donors (Lipinski definition) is 1. The van der Waals surface area contributed by atoms with Gasteiger partial charge < -0.3 is 14.6 Å². The molecule has 0 aromatic rings. The third-order valence-electron chi connectivity index (χ3n) is 10.7. The summed E-state index contributed by atoms with van der Waals surface area (Å²) in [6.45, 7) is 3.94. The highest BCUT2D eigenvalue weighted by Gasteiger charge is 2.15. The molecule has 0 aliphatic rings. The van der Waals surface area contributed by atoms with E-state index in [1.807, 2.05) is 6.08 Å². The van der Waals surface area contributed by atoms with Crippen LogP contribution in [0.4, 0.5) is 0 Å². The largest absolute Gasteiger partial charge is 0.462 e. The van der Waals surface area contributed by atoms with Gasteiger partial charge in [0, 0.05) is 6.42 Å². The van der Waals surface area contributed by atoms with Gasteiger partial charge in [-0.15, -0.1) is 0 Å². The van der Waals surface area contributed by atoms with Crippen LogP contribution in [-0.2, 0) is 19.1 Å². The van der Waals surface area contributed by atoms with Gasteiger partial charge in [0.2, 0.25) is 0 Å². The Morgan fingerprint density at radius 1 is 0.417 bits per heavy atom. The van der Waals surface area contributed by atoms with Crippen molar-refractivity contribution in [2.75, 3.05) is 13.2 Å². The van der Waals surface area contributed by atoms with Gasteiger partial charge in [-0.3, -0.25) is 9.59 Å². The summed E-state index contributed by atoms with van der Waals surface area (Å²) < 4.78 is 10.6. The molecule has 0 aliphatic carbocycles. The molecule has 344 valence electrons. The number of allylic oxidation sites excluding steroid dienone is 13. The summed E-state index contributed by atoms with van der Waals surface area (Å²) in [5.41, 5.74) is 0. The lowest BCUT2D eigenvalue weighted by atomic mass is 10.0. The van der Waals surface area contributed by atoms with Crippen LogP contribution in [0.1, 0.15) is 232 Å². The number of aliphatic hydroxyl groups is 1. The van der Waals surface area contributed by atoms with Crippen LogP contribution in [0.3, 0.4) is 0 Å². The van der Waals surface area contributed by atoms with Gasteiger partial charge in [-0.25, -0.2) is 0 Å². The highest BCUT2D eigenvalue weighted by Crippen LogP contribution is 2.16. The van der Waals surface area contributed by atoms with Gasteiger partial charge in [-0.1, -0.05) is 234 Å². The van der Waals surface area contributed by atoms with Gasteiger partial charge >= 0.3 is 11.9 Å². The molecule has 0 amide bonds. The Morgan fingerprint density at radius 2 is 0.767 bits per heavy atom. The SMILES string of the molecule is CC/C=C\C/C=C\C/C=C\C/C=C\C/C=C\CC(=O)OC(CO)COC(=O)CCCCCCCCCCCCCCCCCCCCC/C=C\C/C=C\CCCCCCC. The van der Waals surface area contributed by atoms with Crippen molar-refractivity contribution in [2.45, 2.75) is 238 Å². The lowest BCUT2D eigenvalue weighted by molar-refractivity contribution is -0.160. The standard InChI is InChI=1S/C55H94O5/c1-3-5-7-9-11-13-15-17-19-20-21-22-23-24-25-26-27-28-29-30-31-32-33-34-36-37-39-41-43-45-47-49-54(57)59-52-53(51-56)60-55(58)50-48-46-44-42-40-38-35-18-16-14-12-10-8-6-4-2/h6,8,12,14-15,17-18,20-21,35,40,42,46,48,53,56H,3-5,7,9-11,13,16,19,22-34,36-39,41,43-45,47,49-52H2,1-2H3/b8-6-,14-12-,17-15-,21-20-,35-18-,42-40-,48-46-. The Bertz CT molecular complexity index is 1130. The topological polar surface area (TPSA) is 72.8 Å². The smallest absolute Gasteiger partial charge is 0.310 e. The molecular formula is C55H94O5. The van der Waals surface area contributed by atoms with E-state index < -0.39 is 12.1 Å². The van der Waals surface area contributed by atoms with E-state index in [4.69, 9.17) is 9.47 Å². The summed E-state index contributed by atoms with van der Waals surface area (Å²) in [4.78, 5) is 24.3. The van der Waals surface area contributed by atoms with Crippen molar-refractivity contribution in [1.29, 1.82) is 0 Å². The van der Waals surface area contributed by atoms with Crippen molar-refractivity contribution in [3.8, 4) is 0 Å². The Labute approximate surface area is 371 Å². The second-order valence-corrected chi connectivity index (χ2v) is 16.5. The Balaban J connectivity index is 3.51. The number of carbonyl (C=O) groups excluding carboxylic acids is 2. The van der Waals surface area contributed by atoms with Crippen molar-refractivity contribution in [2.24, 2.45) is 0 Å². The fourth-order valence-corrected chi connectivity index (χ4v) is 6.96. The molecule has 60 heavy (non-hydrogen) atoms. The lowest BCUT2D eigenvalue weighted by Gasteiger charge is -2.15. The van der Waals surface area contributed by atoms with Crippen LogP contribution < -0.4 is 0 Å². The number of aliphatic hydroxyl groups excluding tert-OH is 1. The zero-order valence-corrected chi connectivity index (χ0v) is 39.2. The van der Waals surface area contributed by atoms with E-state index in [2.05, 4.69) is 86.8 Å². The molecule has 0 fully saturated rings. The lowest BCUT2D eigenvalue weighted by Crippen LogP contribution is -2.28. The first-order valence-corrected chi connectivity index (χ1v) is 25.1. The van der Waals surface area contributed by atoms with Gasteiger partial charge in [0.25, 0.3) is 0 Å². The maximum atomic E-state index is 12.2. The van der Waals surface area contributed by atoms with Gasteiger partial charge in [0.05, 0.1) is 13.0 Å². The zero-order chi connectivity index (χ0) is 43.5. The van der Waals surface area contributed by atoms with E-state index >= 15 is 0 Å². The molecule has 0 aromatic carbocycles. The van der Waals surface area contributed by atoms with Crippen molar-refractivity contribution in [1.82, 2.24) is 0 Å². The first-order chi connectivity index (χ1) is 29.6. The van der Waals surface area contributed by atoms with Crippen LogP contribution in [-0.4, -0.2) is 36.4 Å². The molecule has 1 unspecified atom stereocenters. The highest BCUT2D eigenvalue weighted by atomic mass is 16.6. The molecule has 5 nitrogen and oxygen atoms in total. The van der Waals surface area contributed by atoms with Crippen LogP contribution in [0, 0.1) is 0 Å². The molecule has 1 N–H and O–H groups in total. The molecule has 5 heteroatoms. The molecule has 1 atom stereocenters. The second kappa shape index (κ2) is 50.4. The number of ether oxygens (including phenoxy) is 2. The van der Waals surface area contributed by atoms with Crippen LogP contribution in [0.2, 0.25) is 0 Å². The summed E-state index contributed by atoms with van der Waals surface area (Å²) in [6, 6.07) is 0. The molecule has 0 heterocycles. The van der Waals surface area contributed by atoms with Gasteiger partial charge in [-0.05, 0) is 70.6 Å². The number of rotatable bonds is 45. The average molecular weight is 835 g/mol. The summed E-state index contributed by atoms with van der Waals surface area (Å²) in [6.07, 6.45) is 70.0. The fourth-order valence-electron chi connectivity index (χ4n) is 6.96. The second-order valence-electron chi connectivity index (χ2n) is 16.5. The quantitative estimate of drug-likeness (QED) is 0.0376. The maximum absolute atomic E-state index is 12.2. The average Bonchev–Trinajstić information content (AvgIpc) is 3.25. The molecule has 0 saturated carbocycles. The molecule has 0 radical (unpaired) electrons. The summed E-state index contributed by atoms with van der Waals surface area (Å²) in [5.74, 6) is -0.737. The molecule has 0 bridgehead atoms. The van der Waals surface area contributed by atoms with Crippen LogP contribution in [0.5, 0.6) is 0 Å². The monoisotopic (exact) mass is 835 g/mol. The third kappa shape index (κ3) is 47.8. The predicted molar refractivity (Wildman–Crippen MR) is 260 cm³/mol. The summed E-state index contributed by atoms with van der Waals surface area (Å²) in [7, 11) is 0. The molecule has 0 aromatic heterocycles. The first kappa shape index (κ1) is 57.1. The summed E-state index contributed by atoms with van der Waals surface area (Å²) >= 11 is 0. The fraction of sp³-hybridized carbons (Fsp3) is 0.709. The van der Waals surface area contributed by atoms with Crippen LogP contribution >= 0.6 is 0 Å². The van der Waals surface area contributed by atoms with E-state index in [9.17, 15) is 14.7 Å². The maximum Gasteiger partial charge on any atom is 0.310 e. The number of carbonyl (C=O) groups is 2. The Hall–Kier alpha value is -2.92. The van der Waals surface area contributed by atoms with Crippen LogP contribution in [0.15, 0.2) is 85.1 Å². The van der Waals surface area contributed by atoms with E-state index in [1.54, 1.807) is 6.08 Å². The van der Waals surface area contributed by atoms with Crippen molar-refractivity contribution < 1.29 is 24.2 Å². The molecule has 0 rings (SSSR count).